The predicted octanol–water partition coefficient (Wildman–Crippen LogP) is 19.2. The number of ether oxygens (including phenoxy) is 3. The fraction of sp³-hybridized carbons (Fsp3) is 0.235. The van der Waals surface area contributed by atoms with Crippen LogP contribution in [0.4, 0.5) is 54.5 Å². The van der Waals surface area contributed by atoms with E-state index in [0.29, 0.717) is 99.3 Å². The summed E-state index contributed by atoms with van der Waals surface area (Å²) in [5.74, 6) is -0.221. The Morgan fingerprint density at radius 2 is 0.723 bits per heavy atom. The summed E-state index contributed by atoms with van der Waals surface area (Å²) in [6, 6.07) is 45.7. The van der Waals surface area contributed by atoms with Crippen molar-refractivity contribution in [1.29, 1.82) is 5.26 Å². The van der Waals surface area contributed by atoms with E-state index in [9.17, 15) is 61.0 Å². The number of azo groups is 5. The van der Waals surface area contributed by atoms with Crippen LogP contribution in [0.15, 0.2) is 226 Å². The van der Waals surface area contributed by atoms with Crippen molar-refractivity contribution in [3.05, 3.63) is 197 Å². The number of para-hydroxylation sites is 10. The van der Waals surface area contributed by atoms with E-state index in [0.717, 1.165) is 95.3 Å². The van der Waals surface area contributed by atoms with E-state index >= 15 is 0 Å². The van der Waals surface area contributed by atoms with Crippen molar-refractivity contribution in [3.63, 3.8) is 0 Å². The number of nitrogens with one attached hydrogen (secondary N) is 5. The molecule has 0 radical (unpaired) electrons. The van der Waals surface area contributed by atoms with Crippen LogP contribution in [-0.4, -0.2) is 221 Å². The minimum Gasteiger partial charge on any atom is -0.378 e. The monoisotopic (exact) mass is 2220 g/mol. The molecule has 148 heavy (non-hydrogen) atoms. The molecule has 0 saturated carbocycles. The van der Waals surface area contributed by atoms with Crippen LogP contribution in [0.1, 0.15) is 87.0 Å². The van der Waals surface area contributed by atoms with E-state index in [1.807, 2.05) is 162 Å². The van der Waals surface area contributed by atoms with Crippen molar-refractivity contribution in [2.75, 3.05) is 44.3 Å². The summed E-state index contributed by atoms with van der Waals surface area (Å²) in [7, 11) is -16.6. The maximum atomic E-state index is 11.7. The van der Waals surface area contributed by atoms with E-state index in [-0.39, 0.29) is 94.5 Å². The van der Waals surface area contributed by atoms with Crippen LogP contribution < -0.4 is 0 Å². The van der Waals surface area contributed by atoms with Gasteiger partial charge >= 0.3 is 0 Å². The zero-order chi connectivity index (χ0) is 105. The Labute approximate surface area is 861 Å². The molecule has 0 aliphatic rings. The number of hydrogen-bond donors (Lipinski definition) is 10. The molecule has 0 fully saturated rings. The Bertz CT molecular complexity index is 9460. The molecule has 15 aromatic heterocycles. The van der Waals surface area contributed by atoms with Gasteiger partial charge in [-0.1, -0.05) is 148 Å². The van der Waals surface area contributed by atoms with Crippen LogP contribution >= 0.6 is 69.3 Å². The van der Waals surface area contributed by atoms with Crippen molar-refractivity contribution >= 4 is 258 Å². The molecule has 0 bridgehead atoms. The van der Waals surface area contributed by atoms with Gasteiger partial charge in [-0.2, -0.15) is 61.2 Å². The third kappa shape index (κ3) is 23.1. The molecule has 10 N–H and O–H groups in total. The maximum absolute atomic E-state index is 11.7. The number of aromatic amines is 5. The molecular formula is C85H82N34O18S11. The molecule has 15 heterocycles. The number of aryl methyl sites for hydroxylation is 2. The van der Waals surface area contributed by atoms with Gasteiger partial charge in [0, 0.05) is 43.7 Å². The van der Waals surface area contributed by atoms with Crippen LogP contribution in [0.3, 0.4) is 0 Å². The highest BCUT2D eigenvalue weighted by Gasteiger charge is 2.32. The van der Waals surface area contributed by atoms with Gasteiger partial charge in [-0.05, 0) is 122 Å². The first kappa shape index (κ1) is 105. The average Bonchev–Trinajstić information content (AvgIpc) is 1.60. The SMILES string of the molecule is CC(C)(C)c1[nH]n2c(nc3ccccc32)c1N=Nc1nnc(SCCS(=O)(=O)O)s1.COCc1[nH]n2c(nc3ccccc32)c1N=Nc1c(C#N)cnn1-c1ccc(S(=O)(=O)O)cc1.COCc1[nH]n2c(nc3ccccc32)c1N=Nc1nnc(SCCS(=O)(=O)O)s1.COCc1[nH]n2c(nc3ccccc32)c1N=Nc1snc(C)c1S(=O)(=O)O.Cc1nsc(N=Nc2c(C(C)(C)C)[nH]n3c2nc2ccccc23)c1S(=O)(=O)O. The number of aromatic nitrogens is 23. The number of hydrogen-bond acceptors (Lipinski definition) is 42. The standard InChI is InChI=1S/C21H16N8O4S.C17H19N7O3S3.C17H18N6O3S2.C15H15N7O4S3.C15H14N6O4S2/c1-33-12-17-19(21-24-16-4-2-3-5-18(16)29(21)27-17)25-26-20-13(10-22)11-23-28(20)14-6-8-15(9-7-14)34(30,31)32;1-17(2,3)13-12(14-18-10-6-4-5-7-11(10)24(14)23-13)19-20-15-21-22-16(29-15)28-8-9-30(25,26)27;1-9-13(28(24,25)26)16(27-22-9)20-19-12-14(17(2,3)4)21-23-11-8-6-5-7-10(11)18-15(12)23;1-26-8-10-12(13-16-9-4-2-3-5-11(9)22(13)21-10)17-18-14-19-20-15(28-14)27-6-7-29(23,24)25;1-8-13(27(22,23)24)15(26-20-8)18-17-12-10(7-25-2)19-21-11-6-4-3-5-9(11)16-14(12)21/h2-9,11,27H,12H2,1H3,(H,30,31,32);4-7,23H,8-9H2,1-3H3,(H,25,26,27);5-8,21H,1-4H3,(H,24,25,26);2-5,21H,6-8H2,1H3,(H,23,24,25);3-6,19H,7H2,1-2H3,(H,22,23,24). The molecule has 21 rings (SSSR count). The van der Waals surface area contributed by atoms with E-state index < -0.39 is 50.6 Å². The fourth-order valence-electron chi connectivity index (χ4n) is 14.7. The minimum atomic E-state index is -4.45. The zero-order valence-electron chi connectivity index (χ0n) is 78.9. The number of thioether (sulfide) groups is 2. The lowest BCUT2D eigenvalue weighted by Crippen LogP contribution is -2.12. The second-order valence-corrected chi connectivity index (χ2v) is 47.1. The first-order valence-corrected chi connectivity index (χ1v) is 55.9. The number of rotatable bonds is 28. The van der Waals surface area contributed by atoms with E-state index in [1.165, 1.54) is 95.2 Å². The summed E-state index contributed by atoms with van der Waals surface area (Å²) < 4.78 is 193. The largest absolute Gasteiger partial charge is 0.378 e. The number of H-pyrrole nitrogens is 5. The number of imidazole rings is 5. The predicted molar refractivity (Wildman–Crippen MR) is 551 cm³/mol. The Morgan fingerprint density at radius 1 is 0.405 bits per heavy atom. The molecule has 0 aliphatic carbocycles. The molecule has 0 atom stereocenters. The molecule has 0 aliphatic heterocycles. The first-order valence-electron chi connectivity index (χ1n) is 43.2. The van der Waals surface area contributed by atoms with E-state index in [2.05, 4.69) is 152 Å². The van der Waals surface area contributed by atoms with Crippen molar-refractivity contribution in [2.45, 2.75) is 109 Å². The fourth-order valence-corrected chi connectivity index (χ4v) is 23.9. The van der Waals surface area contributed by atoms with Gasteiger partial charge in [0.25, 0.3) is 60.9 Å². The number of fused-ring (bicyclic) bond motifs is 15. The second kappa shape index (κ2) is 42.8. The molecule has 63 heteroatoms. The van der Waals surface area contributed by atoms with E-state index in [1.54, 1.807) is 30.4 Å². The summed E-state index contributed by atoms with van der Waals surface area (Å²) in [5.41, 5.74) is 18.1. The van der Waals surface area contributed by atoms with Gasteiger partial charge in [0.2, 0.25) is 0 Å². The third-order valence-corrected chi connectivity index (χ3v) is 31.8. The van der Waals surface area contributed by atoms with Crippen LogP contribution in [0, 0.1) is 25.2 Å². The third-order valence-electron chi connectivity index (χ3n) is 21.2. The highest BCUT2D eigenvalue weighted by molar-refractivity contribution is 8.02. The summed E-state index contributed by atoms with van der Waals surface area (Å²) in [6.45, 7) is 16.1. The van der Waals surface area contributed by atoms with Crippen molar-refractivity contribution in [2.24, 2.45) is 51.1 Å². The molecule has 0 spiro atoms. The first-order chi connectivity index (χ1) is 70.4. The van der Waals surface area contributed by atoms with Gasteiger partial charge < -0.3 is 14.2 Å². The Hall–Kier alpha value is -14.4. The molecule has 766 valence electrons. The summed E-state index contributed by atoms with van der Waals surface area (Å²) in [5, 5.41) is 89.0. The molecular weight excluding hydrogens is 2140 g/mol. The van der Waals surface area contributed by atoms with Gasteiger partial charge in [-0.15, -0.1) is 71.5 Å². The van der Waals surface area contributed by atoms with E-state index in [4.69, 9.17) is 28.3 Å². The van der Waals surface area contributed by atoms with Crippen LogP contribution in [0.2, 0.25) is 0 Å². The average molecular weight is 2220 g/mol. The molecule has 6 aromatic carbocycles. The smallest absolute Gasteiger partial charge is 0.299 e. The molecule has 0 unspecified atom stereocenters. The number of nitrogens with zero attached hydrogens (tertiary/aromatic N) is 29. The van der Waals surface area contributed by atoms with Gasteiger partial charge in [0.1, 0.15) is 11.6 Å². The molecule has 0 saturated heterocycles. The van der Waals surface area contributed by atoms with Crippen molar-refractivity contribution in [1.82, 2.24) is 112 Å². The number of benzene rings is 6. The van der Waals surface area contributed by atoms with Gasteiger partial charge in [-0.25, -0.2) is 52.2 Å². The van der Waals surface area contributed by atoms with Gasteiger partial charge in [0.15, 0.2) is 91.0 Å². The quantitative estimate of drug-likeness (QED) is 0.0124. The van der Waals surface area contributed by atoms with Crippen LogP contribution in [0.25, 0.3) is 89.1 Å². The van der Waals surface area contributed by atoms with Crippen LogP contribution in [0.5, 0.6) is 0 Å². The number of nitriles is 1. The minimum absolute atomic E-state index is 0.00571. The van der Waals surface area contributed by atoms with Gasteiger partial charge in [-0.3, -0.25) is 48.3 Å². The molecule has 21 aromatic rings. The summed E-state index contributed by atoms with van der Waals surface area (Å²) >= 11 is 6.42. The molecule has 0 amide bonds. The lowest BCUT2D eigenvalue weighted by atomic mass is 9.91. The topological polar surface area (TPSA) is 708 Å². The van der Waals surface area contributed by atoms with Gasteiger partial charge in [0.05, 0.1) is 143 Å². The maximum Gasteiger partial charge on any atom is 0.299 e. The summed E-state index contributed by atoms with van der Waals surface area (Å²) in [6.07, 6.45) is 1.33. The highest BCUT2D eigenvalue weighted by Crippen LogP contribution is 2.44. The lowest BCUT2D eigenvalue weighted by molar-refractivity contribution is 0.181. The number of methoxy groups -OCH3 is 3. The zero-order valence-corrected chi connectivity index (χ0v) is 87.9. The van der Waals surface area contributed by atoms with Crippen molar-refractivity contribution in [3.8, 4) is 11.8 Å². The highest BCUT2D eigenvalue weighted by atomic mass is 32.2. The Morgan fingerprint density at radius 3 is 1.05 bits per heavy atom. The lowest BCUT2D eigenvalue weighted by Gasteiger charge is -2.16. The van der Waals surface area contributed by atoms with Crippen molar-refractivity contribution < 1.29 is 79.1 Å². The second-order valence-electron chi connectivity index (χ2n) is 33.7. The summed E-state index contributed by atoms with van der Waals surface area (Å²) in [4.78, 5) is 22.2. The normalized spacial score (nSPS) is 12.8. The Balaban J connectivity index is 0.000000126. The van der Waals surface area contributed by atoms with Crippen LogP contribution in [-0.2, 0) is 95.5 Å². The Kier molecular flexibility index (Phi) is 30.3. The molecule has 52 nitrogen and oxygen atoms in total.